The van der Waals surface area contributed by atoms with Crippen LogP contribution in [0.4, 0.5) is 5.69 Å². The third kappa shape index (κ3) is 3.38. The summed E-state index contributed by atoms with van der Waals surface area (Å²) < 4.78 is 5.32. The highest BCUT2D eigenvalue weighted by molar-refractivity contribution is 6.26. The predicted octanol–water partition coefficient (Wildman–Crippen LogP) is 3.05. The van der Waals surface area contributed by atoms with Gasteiger partial charge in [-0.2, -0.15) is 5.10 Å². The van der Waals surface area contributed by atoms with E-state index in [1.807, 2.05) is 37.3 Å². The zero-order valence-electron chi connectivity index (χ0n) is 15.8. The molecule has 7 nitrogen and oxygen atoms in total. The Morgan fingerprint density at radius 2 is 1.93 bits per heavy atom. The van der Waals surface area contributed by atoms with E-state index < -0.39 is 5.91 Å². The van der Waals surface area contributed by atoms with Gasteiger partial charge in [-0.1, -0.05) is 30.3 Å². The van der Waals surface area contributed by atoms with Gasteiger partial charge >= 0.3 is 0 Å². The minimum atomic E-state index is -0.445. The molecule has 4 rings (SSSR count). The van der Waals surface area contributed by atoms with Crippen molar-refractivity contribution in [3.63, 3.8) is 0 Å². The van der Waals surface area contributed by atoms with E-state index in [4.69, 9.17) is 4.74 Å². The fourth-order valence-electron chi connectivity index (χ4n) is 3.40. The Kier molecular flexibility index (Phi) is 4.87. The zero-order valence-corrected chi connectivity index (χ0v) is 15.8. The molecule has 1 aliphatic heterocycles. The van der Waals surface area contributed by atoms with Crippen molar-refractivity contribution in [1.82, 2.24) is 5.43 Å². The summed E-state index contributed by atoms with van der Waals surface area (Å²) in [6.45, 7) is 2.08. The van der Waals surface area contributed by atoms with E-state index in [-0.39, 0.29) is 18.2 Å². The topological polar surface area (TPSA) is 91.2 Å². The average molecular weight is 389 g/mol. The molecule has 0 saturated heterocycles. The first-order chi connectivity index (χ1) is 14.1. The van der Waals surface area contributed by atoms with Gasteiger partial charge in [-0.3, -0.25) is 14.5 Å². The maximum atomic E-state index is 12.7. The van der Waals surface area contributed by atoms with Crippen LogP contribution < -0.4 is 15.1 Å². The lowest BCUT2D eigenvalue weighted by Gasteiger charge is -2.16. The first-order valence-electron chi connectivity index (χ1n) is 9.20. The second-order valence-electron chi connectivity index (χ2n) is 6.49. The van der Waals surface area contributed by atoms with Crippen LogP contribution in [0.25, 0.3) is 10.8 Å². The predicted molar refractivity (Wildman–Crippen MR) is 111 cm³/mol. The van der Waals surface area contributed by atoms with Gasteiger partial charge in [-0.15, -0.1) is 0 Å². The van der Waals surface area contributed by atoms with Gasteiger partial charge in [0.1, 0.15) is 6.54 Å². The maximum Gasteiger partial charge on any atom is 0.260 e. The van der Waals surface area contributed by atoms with Crippen LogP contribution in [0.2, 0.25) is 0 Å². The molecule has 3 aromatic carbocycles. The van der Waals surface area contributed by atoms with Gasteiger partial charge < -0.3 is 9.84 Å². The Morgan fingerprint density at radius 1 is 1.17 bits per heavy atom. The molecule has 0 saturated carbocycles. The average Bonchev–Trinajstić information content (AvgIpc) is 2.99. The van der Waals surface area contributed by atoms with Crippen LogP contribution in [0.5, 0.6) is 11.5 Å². The third-order valence-corrected chi connectivity index (χ3v) is 4.67. The molecule has 0 spiro atoms. The number of phenols is 1. The van der Waals surface area contributed by atoms with Crippen LogP contribution in [0.1, 0.15) is 22.8 Å². The molecule has 7 heteroatoms. The minimum absolute atomic E-state index is 0.0517. The van der Waals surface area contributed by atoms with E-state index in [1.165, 1.54) is 11.1 Å². The fraction of sp³-hybridized carbons (Fsp3) is 0.136. The number of benzene rings is 3. The Labute approximate surface area is 167 Å². The van der Waals surface area contributed by atoms with Crippen LogP contribution in [-0.2, 0) is 4.79 Å². The highest BCUT2D eigenvalue weighted by Crippen LogP contribution is 2.36. The van der Waals surface area contributed by atoms with Crippen LogP contribution in [0.3, 0.4) is 0 Å². The number of ether oxygens (including phenoxy) is 1. The highest BCUT2D eigenvalue weighted by Gasteiger charge is 2.30. The number of aromatic hydroxyl groups is 1. The summed E-state index contributed by atoms with van der Waals surface area (Å²) >= 11 is 0. The van der Waals surface area contributed by atoms with Gasteiger partial charge in [0.05, 0.1) is 18.5 Å². The summed E-state index contributed by atoms with van der Waals surface area (Å²) in [5.74, 6) is -0.363. The summed E-state index contributed by atoms with van der Waals surface area (Å²) in [6.07, 6.45) is 1.33. The number of carbonyl (C=O) groups is 2. The summed E-state index contributed by atoms with van der Waals surface area (Å²) in [5.41, 5.74) is 4.11. The van der Waals surface area contributed by atoms with Crippen LogP contribution in [0, 0.1) is 0 Å². The molecule has 29 heavy (non-hydrogen) atoms. The molecular weight excluding hydrogens is 370 g/mol. The summed E-state index contributed by atoms with van der Waals surface area (Å²) in [6, 6.07) is 16.2. The van der Waals surface area contributed by atoms with E-state index in [2.05, 4.69) is 10.5 Å². The van der Waals surface area contributed by atoms with E-state index >= 15 is 0 Å². The van der Waals surface area contributed by atoms with Crippen molar-refractivity contribution in [1.29, 1.82) is 0 Å². The molecule has 0 aliphatic carbocycles. The van der Waals surface area contributed by atoms with E-state index in [0.717, 1.165) is 10.8 Å². The number of para-hydroxylation sites is 1. The summed E-state index contributed by atoms with van der Waals surface area (Å²) in [7, 11) is 0. The van der Waals surface area contributed by atoms with Crippen LogP contribution in [0.15, 0.2) is 59.7 Å². The Morgan fingerprint density at radius 3 is 2.72 bits per heavy atom. The van der Waals surface area contributed by atoms with Crippen molar-refractivity contribution in [3.05, 3.63) is 65.7 Å². The normalized spacial score (nSPS) is 12.7. The molecule has 2 amide bonds. The molecule has 0 fully saturated rings. The van der Waals surface area contributed by atoms with Gasteiger partial charge in [0.15, 0.2) is 11.5 Å². The van der Waals surface area contributed by atoms with Crippen molar-refractivity contribution in [2.24, 2.45) is 5.10 Å². The molecule has 0 bridgehead atoms. The Hall–Kier alpha value is -3.87. The van der Waals surface area contributed by atoms with E-state index in [9.17, 15) is 14.7 Å². The number of carbonyl (C=O) groups excluding carboxylic acids is 2. The number of anilines is 1. The lowest BCUT2D eigenvalue weighted by atomic mass is 10.1. The molecule has 1 aliphatic rings. The summed E-state index contributed by atoms with van der Waals surface area (Å²) in [5, 5.41) is 15.9. The smallest absolute Gasteiger partial charge is 0.260 e. The third-order valence-electron chi connectivity index (χ3n) is 4.67. The van der Waals surface area contributed by atoms with Gasteiger partial charge in [0.25, 0.3) is 11.8 Å². The number of hydrogen-bond acceptors (Lipinski definition) is 5. The highest BCUT2D eigenvalue weighted by atomic mass is 16.5. The Bertz CT molecular complexity index is 1130. The van der Waals surface area contributed by atoms with Gasteiger partial charge in [0, 0.05) is 16.5 Å². The quantitative estimate of drug-likeness (QED) is 0.501. The first kappa shape index (κ1) is 18.5. The molecule has 1 heterocycles. The first-order valence-corrected chi connectivity index (χ1v) is 9.20. The standard InChI is InChI=1S/C22H19N3O4/c1-2-29-18-11-5-8-15(21(18)27)12-23-24-19(26)13-25-17-10-4-7-14-6-3-9-16(20(14)17)22(25)28/h3-12,27H,2,13H2,1H3,(H,24,26)/b23-12+. The number of hydrogen-bond donors (Lipinski definition) is 2. The number of rotatable bonds is 6. The lowest BCUT2D eigenvalue weighted by molar-refractivity contribution is -0.119. The number of nitrogens with zero attached hydrogens (tertiary/aromatic N) is 2. The largest absolute Gasteiger partial charge is 0.504 e. The second kappa shape index (κ2) is 7.63. The minimum Gasteiger partial charge on any atom is -0.504 e. The van der Waals surface area contributed by atoms with E-state index in [0.29, 0.717) is 29.2 Å². The van der Waals surface area contributed by atoms with Crippen LogP contribution in [-0.4, -0.2) is 36.3 Å². The molecule has 2 N–H and O–H groups in total. The molecule has 0 unspecified atom stereocenters. The number of amides is 2. The van der Waals surface area contributed by atoms with Crippen LogP contribution >= 0.6 is 0 Å². The van der Waals surface area contributed by atoms with Crippen molar-refractivity contribution < 1.29 is 19.4 Å². The number of phenolic OH excluding ortho intramolecular Hbond substituents is 1. The lowest BCUT2D eigenvalue weighted by Crippen LogP contribution is -2.37. The van der Waals surface area contributed by atoms with Crippen molar-refractivity contribution in [2.45, 2.75) is 6.92 Å². The van der Waals surface area contributed by atoms with Crippen molar-refractivity contribution in [2.75, 3.05) is 18.1 Å². The monoisotopic (exact) mass is 389 g/mol. The zero-order chi connectivity index (χ0) is 20.4. The van der Waals surface area contributed by atoms with Crippen molar-refractivity contribution >= 4 is 34.5 Å². The molecule has 3 aromatic rings. The maximum absolute atomic E-state index is 12.7. The molecule has 146 valence electrons. The number of hydrazone groups is 1. The molecular formula is C22H19N3O4. The Balaban J connectivity index is 1.46. The van der Waals surface area contributed by atoms with Crippen molar-refractivity contribution in [3.8, 4) is 11.5 Å². The SMILES string of the molecule is CCOc1cccc(/C=N/NC(=O)CN2C(=O)c3cccc4cccc2c34)c1O. The molecule has 0 atom stereocenters. The second-order valence-corrected chi connectivity index (χ2v) is 6.49. The fourth-order valence-corrected chi connectivity index (χ4v) is 3.40. The number of nitrogens with one attached hydrogen (secondary N) is 1. The van der Waals surface area contributed by atoms with Gasteiger partial charge in [0.2, 0.25) is 0 Å². The van der Waals surface area contributed by atoms with E-state index in [1.54, 1.807) is 24.3 Å². The van der Waals surface area contributed by atoms with Gasteiger partial charge in [-0.05, 0) is 36.6 Å². The van der Waals surface area contributed by atoms with Gasteiger partial charge in [-0.25, -0.2) is 5.43 Å². The molecule has 0 radical (unpaired) electrons. The molecule has 0 aromatic heterocycles. The summed E-state index contributed by atoms with van der Waals surface area (Å²) in [4.78, 5) is 26.5.